The molecule has 1 fully saturated rings. The summed E-state index contributed by atoms with van der Waals surface area (Å²) in [5.41, 5.74) is 4.33. The van der Waals surface area contributed by atoms with Gasteiger partial charge in [0.2, 0.25) is 5.91 Å². The van der Waals surface area contributed by atoms with Crippen LogP contribution in [0.25, 0.3) is 0 Å². The molecule has 8 heteroatoms. The van der Waals surface area contributed by atoms with Crippen molar-refractivity contribution in [3.05, 3.63) is 83.4 Å². The van der Waals surface area contributed by atoms with Crippen LogP contribution in [0.15, 0.2) is 71.6 Å². The number of carbonyl (C=O) groups is 1. The van der Waals surface area contributed by atoms with E-state index in [1.807, 2.05) is 63.2 Å². The lowest BCUT2D eigenvalue weighted by Gasteiger charge is -2.37. The molecule has 7 nitrogen and oxygen atoms in total. The summed E-state index contributed by atoms with van der Waals surface area (Å²) >= 11 is 0. The number of benzene rings is 3. The predicted molar refractivity (Wildman–Crippen MR) is 143 cm³/mol. The lowest BCUT2D eigenvalue weighted by Crippen LogP contribution is -2.52. The minimum Gasteiger partial charge on any atom is -0.495 e. The molecule has 1 saturated heterocycles. The molecule has 1 aliphatic heterocycles. The van der Waals surface area contributed by atoms with Crippen LogP contribution in [0.3, 0.4) is 0 Å². The number of sulfonamides is 1. The molecular weight excluding hydrogens is 474 g/mol. The SMILES string of the molecule is COc1ccccc1N1CCN(C(=O)CN(c2cc(C)cc(C)c2)S(=O)(=O)c2ccc(C)cc2)CC1. The van der Waals surface area contributed by atoms with Gasteiger partial charge in [-0.05, 0) is 68.3 Å². The standard InChI is InChI=1S/C28H33N3O4S/c1-21-9-11-25(12-10-21)36(33,34)31(24-18-22(2)17-23(3)19-24)20-28(32)30-15-13-29(14-16-30)26-7-5-6-8-27(26)35-4/h5-12,17-19H,13-16,20H2,1-4H3. The number of piperazine rings is 1. The van der Waals surface area contributed by atoms with Crippen molar-refractivity contribution in [3.8, 4) is 5.75 Å². The van der Waals surface area contributed by atoms with Gasteiger partial charge in [-0.25, -0.2) is 8.42 Å². The third-order valence-corrected chi connectivity index (χ3v) is 8.23. The fourth-order valence-electron chi connectivity index (χ4n) is 4.56. The molecule has 0 radical (unpaired) electrons. The molecule has 0 saturated carbocycles. The Kier molecular flexibility index (Phi) is 7.54. The maximum Gasteiger partial charge on any atom is 0.264 e. The Morgan fingerprint density at radius 3 is 2.08 bits per heavy atom. The molecule has 1 aliphatic rings. The van der Waals surface area contributed by atoms with E-state index in [1.54, 1.807) is 36.3 Å². The van der Waals surface area contributed by atoms with Crippen molar-refractivity contribution in [2.24, 2.45) is 0 Å². The van der Waals surface area contributed by atoms with Gasteiger partial charge >= 0.3 is 0 Å². The maximum absolute atomic E-state index is 13.7. The second-order valence-corrected chi connectivity index (χ2v) is 11.1. The number of aryl methyl sites for hydroxylation is 3. The second kappa shape index (κ2) is 10.6. The fraction of sp³-hybridized carbons (Fsp3) is 0.321. The van der Waals surface area contributed by atoms with E-state index in [0.29, 0.717) is 31.9 Å². The molecule has 3 aromatic rings. The van der Waals surface area contributed by atoms with Gasteiger partial charge in [0.25, 0.3) is 10.0 Å². The van der Waals surface area contributed by atoms with Gasteiger partial charge in [-0.15, -0.1) is 0 Å². The smallest absolute Gasteiger partial charge is 0.264 e. The van der Waals surface area contributed by atoms with Crippen molar-refractivity contribution >= 4 is 27.3 Å². The van der Waals surface area contributed by atoms with Crippen molar-refractivity contribution in [2.75, 3.05) is 49.0 Å². The Bertz CT molecular complexity index is 1310. The van der Waals surface area contributed by atoms with Crippen molar-refractivity contribution in [1.29, 1.82) is 0 Å². The van der Waals surface area contributed by atoms with Gasteiger partial charge in [0.15, 0.2) is 0 Å². The highest BCUT2D eigenvalue weighted by molar-refractivity contribution is 7.92. The Morgan fingerprint density at radius 1 is 0.861 bits per heavy atom. The maximum atomic E-state index is 13.7. The van der Waals surface area contributed by atoms with E-state index in [2.05, 4.69) is 4.90 Å². The molecule has 0 aromatic heterocycles. The van der Waals surface area contributed by atoms with Gasteiger partial charge in [-0.2, -0.15) is 0 Å². The Hall–Kier alpha value is -3.52. The van der Waals surface area contributed by atoms with Crippen LogP contribution >= 0.6 is 0 Å². The number of nitrogens with zero attached hydrogens (tertiary/aromatic N) is 3. The van der Waals surface area contributed by atoms with Crippen molar-refractivity contribution < 1.29 is 17.9 Å². The summed E-state index contributed by atoms with van der Waals surface area (Å²) in [4.78, 5) is 17.5. The van der Waals surface area contributed by atoms with E-state index in [1.165, 1.54) is 4.31 Å². The van der Waals surface area contributed by atoms with Crippen LogP contribution in [0, 0.1) is 20.8 Å². The molecule has 0 atom stereocenters. The molecule has 190 valence electrons. The van der Waals surface area contributed by atoms with Crippen LogP contribution in [0.5, 0.6) is 5.75 Å². The van der Waals surface area contributed by atoms with Crippen LogP contribution < -0.4 is 13.9 Å². The van der Waals surface area contributed by atoms with E-state index in [0.717, 1.165) is 28.1 Å². The first-order valence-corrected chi connectivity index (χ1v) is 13.5. The van der Waals surface area contributed by atoms with Crippen LogP contribution in [-0.2, 0) is 14.8 Å². The van der Waals surface area contributed by atoms with Crippen molar-refractivity contribution in [3.63, 3.8) is 0 Å². The largest absolute Gasteiger partial charge is 0.495 e. The Balaban J connectivity index is 1.56. The number of hydrogen-bond donors (Lipinski definition) is 0. The molecule has 1 heterocycles. The molecule has 0 N–H and O–H groups in total. The number of rotatable bonds is 7. The summed E-state index contributed by atoms with van der Waals surface area (Å²) in [6.07, 6.45) is 0. The third kappa shape index (κ3) is 5.49. The van der Waals surface area contributed by atoms with Gasteiger partial charge < -0.3 is 14.5 Å². The molecule has 0 spiro atoms. The fourth-order valence-corrected chi connectivity index (χ4v) is 5.96. The predicted octanol–water partition coefficient (Wildman–Crippen LogP) is 4.16. The molecule has 3 aromatic carbocycles. The van der Waals surface area contributed by atoms with Crippen LogP contribution in [0.4, 0.5) is 11.4 Å². The van der Waals surface area contributed by atoms with Gasteiger partial charge in [0, 0.05) is 26.2 Å². The second-order valence-electron chi connectivity index (χ2n) is 9.21. The number of ether oxygens (including phenoxy) is 1. The first kappa shape index (κ1) is 25.6. The molecule has 1 amide bonds. The number of hydrogen-bond acceptors (Lipinski definition) is 5. The van der Waals surface area contributed by atoms with Gasteiger partial charge in [0.1, 0.15) is 12.3 Å². The highest BCUT2D eigenvalue weighted by Gasteiger charge is 2.31. The van der Waals surface area contributed by atoms with Gasteiger partial charge in [0.05, 0.1) is 23.4 Å². The van der Waals surface area contributed by atoms with E-state index in [4.69, 9.17) is 4.74 Å². The summed E-state index contributed by atoms with van der Waals surface area (Å²) in [5.74, 6) is 0.576. The Morgan fingerprint density at radius 2 is 1.47 bits per heavy atom. The molecule has 0 bridgehead atoms. The zero-order chi connectivity index (χ0) is 25.9. The van der Waals surface area contributed by atoms with Gasteiger partial charge in [-0.1, -0.05) is 35.9 Å². The number of para-hydroxylation sites is 2. The molecule has 0 aliphatic carbocycles. The van der Waals surface area contributed by atoms with Crippen LogP contribution in [0.1, 0.15) is 16.7 Å². The van der Waals surface area contributed by atoms with Crippen LogP contribution in [-0.4, -0.2) is 59.1 Å². The highest BCUT2D eigenvalue weighted by atomic mass is 32.2. The summed E-state index contributed by atoms with van der Waals surface area (Å²) < 4.78 is 34.2. The first-order chi connectivity index (χ1) is 17.2. The number of methoxy groups -OCH3 is 1. The minimum absolute atomic E-state index is 0.168. The van der Waals surface area contributed by atoms with E-state index in [-0.39, 0.29) is 17.3 Å². The average molecular weight is 508 g/mol. The average Bonchev–Trinajstić information content (AvgIpc) is 2.86. The summed E-state index contributed by atoms with van der Waals surface area (Å²) in [5, 5.41) is 0. The normalized spacial score (nSPS) is 14.0. The van der Waals surface area contributed by atoms with Crippen molar-refractivity contribution in [2.45, 2.75) is 25.7 Å². The number of amides is 1. The molecule has 36 heavy (non-hydrogen) atoms. The molecule has 4 rings (SSSR count). The summed E-state index contributed by atoms with van der Waals surface area (Å²) in [6.45, 7) is 7.78. The minimum atomic E-state index is -3.94. The number of anilines is 2. The highest BCUT2D eigenvalue weighted by Crippen LogP contribution is 2.29. The molecular formula is C28H33N3O4S. The monoisotopic (exact) mass is 507 g/mol. The number of carbonyl (C=O) groups excluding carboxylic acids is 1. The zero-order valence-electron chi connectivity index (χ0n) is 21.3. The lowest BCUT2D eigenvalue weighted by molar-refractivity contribution is -0.129. The molecule has 0 unspecified atom stereocenters. The first-order valence-electron chi connectivity index (χ1n) is 12.0. The third-order valence-electron chi connectivity index (χ3n) is 6.44. The zero-order valence-corrected chi connectivity index (χ0v) is 22.1. The topological polar surface area (TPSA) is 70.2 Å². The van der Waals surface area contributed by atoms with E-state index in [9.17, 15) is 13.2 Å². The summed E-state index contributed by atoms with van der Waals surface area (Å²) in [6, 6.07) is 20.2. The van der Waals surface area contributed by atoms with Gasteiger partial charge in [-0.3, -0.25) is 9.10 Å². The Labute approximate surface area is 214 Å². The quantitative estimate of drug-likeness (QED) is 0.480. The van der Waals surface area contributed by atoms with E-state index >= 15 is 0 Å². The van der Waals surface area contributed by atoms with E-state index < -0.39 is 10.0 Å². The summed E-state index contributed by atoms with van der Waals surface area (Å²) in [7, 11) is -2.29. The van der Waals surface area contributed by atoms with Crippen LogP contribution in [0.2, 0.25) is 0 Å². The lowest BCUT2D eigenvalue weighted by atomic mass is 10.1. The van der Waals surface area contributed by atoms with Crippen molar-refractivity contribution in [1.82, 2.24) is 4.90 Å².